The van der Waals surface area contributed by atoms with Gasteiger partial charge in [-0.15, -0.1) is 0 Å². The summed E-state index contributed by atoms with van der Waals surface area (Å²) in [6.07, 6.45) is 0.508. The average Bonchev–Trinajstić information content (AvgIpc) is 3.29. The molecule has 2 heterocycles. The summed E-state index contributed by atoms with van der Waals surface area (Å²) in [6.45, 7) is 12.7. The molecule has 2 aliphatic heterocycles. The van der Waals surface area contributed by atoms with E-state index < -0.39 is 40.8 Å². The highest BCUT2D eigenvalue weighted by atomic mass is 16.2. The van der Waals surface area contributed by atoms with Gasteiger partial charge in [-0.1, -0.05) is 59.7 Å². The molecule has 0 aromatic heterocycles. The maximum Gasteiger partial charge on any atom is 0.246 e. The summed E-state index contributed by atoms with van der Waals surface area (Å²) in [5.41, 5.74) is -0.520. The second-order valence-electron chi connectivity index (χ2n) is 12.2. The molecule has 4 atom stereocenters. The normalized spacial score (nSPS) is 22.9. The standard InChI is InChI=1S/C27H37N5O4/c1-16(29-23(35)26(5,6)7)21(33)30-20(13-25(2,3)4)22(34)32-15-27(12-17(32)14-28)18-10-8-9-11-19(18)31-24(27)36/h8-11,16-17,20H,12-13,15H2,1-7H3,(H,29,35)(H,30,33)(H,31,36)/t16-,17-,20-,27-/m0/s1. The van der Waals surface area contributed by atoms with Gasteiger partial charge in [0.05, 0.1) is 11.5 Å². The van der Waals surface area contributed by atoms with E-state index in [1.54, 1.807) is 27.7 Å². The summed E-state index contributed by atoms with van der Waals surface area (Å²) in [4.78, 5) is 53.7. The van der Waals surface area contributed by atoms with E-state index in [9.17, 15) is 24.4 Å². The third kappa shape index (κ3) is 5.38. The molecule has 1 aromatic rings. The van der Waals surface area contributed by atoms with Crippen molar-refractivity contribution in [3.63, 3.8) is 0 Å². The number of carbonyl (C=O) groups is 4. The van der Waals surface area contributed by atoms with Crippen molar-refractivity contribution in [2.75, 3.05) is 11.9 Å². The van der Waals surface area contributed by atoms with Gasteiger partial charge in [0, 0.05) is 24.1 Å². The summed E-state index contributed by atoms with van der Waals surface area (Å²) in [6, 6.07) is 6.93. The molecule has 1 saturated heterocycles. The zero-order chi connectivity index (χ0) is 27.1. The van der Waals surface area contributed by atoms with Gasteiger partial charge in [-0.25, -0.2) is 0 Å². The number of hydrogen-bond donors (Lipinski definition) is 3. The third-order valence-corrected chi connectivity index (χ3v) is 6.77. The zero-order valence-electron chi connectivity index (χ0n) is 22.2. The number of nitriles is 1. The molecule has 0 saturated carbocycles. The number of likely N-dealkylation sites (tertiary alicyclic amines) is 1. The van der Waals surface area contributed by atoms with Crippen LogP contribution in [0.3, 0.4) is 0 Å². The van der Waals surface area contributed by atoms with Crippen molar-refractivity contribution in [3.05, 3.63) is 29.8 Å². The summed E-state index contributed by atoms with van der Waals surface area (Å²) < 4.78 is 0. The summed E-state index contributed by atoms with van der Waals surface area (Å²) >= 11 is 0. The molecule has 9 nitrogen and oxygen atoms in total. The van der Waals surface area contributed by atoms with E-state index in [-0.39, 0.29) is 30.2 Å². The monoisotopic (exact) mass is 495 g/mol. The molecular formula is C27H37N5O4. The Morgan fingerprint density at radius 3 is 2.39 bits per heavy atom. The number of nitrogens with one attached hydrogen (secondary N) is 3. The molecule has 0 bridgehead atoms. The number of benzene rings is 1. The molecule has 1 aromatic carbocycles. The van der Waals surface area contributed by atoms with Gasteiger partial charge in [-0.2, -0.15) is 5.26 Å². The molecule has 1 fully saturated rings. The molecular weight excluding hydrogens is 458 g/mol. The van der Waals surface area contributed by atoms with E-state index in [1.807, 2.05) is 45.0 Å². The van der Waals surface area contributed by atoms with Gasteiger partial charge in [-0.05, 0) is 30.4 Å². The van der Waals surface area contributed by atoms with Gasteiger partial charge in [0.1, 0.15) is 18.1 Å². The van der Waals surface area contributed by atoms with Gasteiger partial charge < -0.3 is 20.9 Å². The highest BCUT2D eigenvalue weighted by Gasteiger charge is 2.56. The molecule has 0 unspecified atom stereocenters. The predicted octanol–water partition coefficient (Wildman–Crippen LogP) is 2.47. The lowest BCUT2D eigenvalue weighted by Gasteiger charge is -2.32. The lowest BCUT2D eigenvalue weighted by molar-refractivity contribution is -0.138. The number of fused-ring (bicyclic) bond motifs is 2. The van der Waals surface area contributed by atoms with Gasteiger partial charge in [0.15, 0.2) is 0 Å². The Morgan fingerprint density at radius 2 is 1.81 bits per heavy atom. The molecule has 0 radical (unpaired) electrons. The first-order chi connectivity index (χ1) is 16.6. The van der Waals surface area contributed by atoms with Crippen molar-refractivity contribution in [1.82, 2.24) is 15.5 Å². The number of nitrogens with zero attached hydrogens (tertiary/aromatic N) is 2. The average molecular weight is 496 g/mol. The molecule has 3 N–H and O–H groups in total. The maximum atomic E-state index is 13.8. The van der Waals surface area contributed by atoms with Crippen molar-refractivity contribution < 1.29 is 19.2 Å². The van der Waals surface area contributed by atoms with Crippen LogP contribution in [0.2, 0.25) is 0 Å². The van der Waals surface area contributed by atoms with Crippen molar-refractivity contribution in [2.45, 2.75) is 84.8 Å². The van der Waals surface area contributed by atoms with Crippen LogP contribution in [-0.4, -0.2) is 53.2 Å². The smallest absolute Gasteiger partial charge is 0.246 e. The van der Waals surface area contributed by atoms with E-state index in [0.29, 0.717) is 12.1 Å². The minimum Gasteiger partial charge on any atom is -0.344 e. The number of anilines is 1. The first-order valence-corrected chi connectivity index (χ1v) is 12.3. The first kappa shape index (κ1) is 27.2. The minimum absolute atomic E-state index is 0.0553. The highest BCUT2D eigenvalue weighted by molar-refractivity contribution is 6.07. The fourth-order valence-electron chi connectivity index (χ4n) is 4.77. The van der Waals surface area contributed by atoms with Crippen LogP contribution in [0, 0.1) is 22.2 Å². The SMILES string of the molecule is C[C@H](NC(=O)C(C)(C)C)C(=O)N[C@@H](CC(C)(C)C)C(=O)N1C[C@]2(C[C@H]1C#N)C(=O)Nc1ccccc12. The number of amides is 4. The number of rotatable bonds is 5. The van der Waals surface area contributed by atoms with Gasteiger partial charge in [0.2, 0.25) is 23.6 Å². The fraction of sp³-hybridized carbons (Fsp3) is 0.593. The first-order valence-electron chi connectivity index (χ1n) is 12.3. The minimum atomic E-state index is -1.00. The molecule has 2 aliphatic rings. The number of carbonyl (C=O) groups excluding carboxylic acids is 4. The second-order valence-corrected chi connectivity index (χ2v) is 12.2. The summed E-state index contributed by atoms with van der Waals surface area (Å²) in [7, 11) is 0. The van der Waals surface area contributed by atoms with Crippen LogP contribution in [0.15, 0.2) is 24.3 Å². The van der Waals surface area contributed by atoms with Crippen LogP contribution >= 0.6 is 0 Å². The maximum absolute atomic E-state index is 13.8. The lowest BCUT2D eigenvalue weighted by Crippen LogP contribution is -2.56. The Bertz CT molecular complexity index is 1110. The van der Waals surface area contributed by atoms with Crippen LogP contribution in [0.1, 0.15) is 66.9 Å². The van der Waals surface area contributed by atoms with E-state index >= 15 is 0 Å². The highest BCUT2D eigenvalue weighted by Crippen LogP contribution is 2.46. The van der Waals surface area contributed by atoms with Crippen LogP contribution in [-0.2, 0) is 24.6 Å². The molecule has 194 valence electrons. The van der Waals surface area contributed by atoms with E-state index in [1.165, 1.54) is 4.90 Å². The van der Waals surface area contributed by atoms with Gasteiger partial charge >= 0.3 is 0 Å². The second kappa shape index (κ2) is 9.57. The molecule has 36 heavy (non-hydrogen) atoms. The summed E-state index contributed by atoms with van der Waals surface area (Å²) in [5.74, 6) is -1.40. The van der Waals surface area contributed by atoms with Gasteiger partial charge in [0.25, 0.3) is 0 Å². The van der Waals surface area contributed by atoms with Crippen LogP contribution < -0.4 is 16.0 Å². The third-order valence-electron chi connectivity index (χ3n) is 6.77. The number of hydrogen-bond acceptors (Lipinski definition) is 5. The largest absolute Gasteiger partial charge is 0.344 e. The van der Waals surface area contributed by atoms with Crippen molar-refractivity contribution in [1.29, 1.82) is 5.26 Å². The van der Waals surface area contributed by atoms with Crippen LogP contribution in [0.5, 0.6) is 0 Å². The Morgan fingerprint density at radius 1 is 1.17 bits per heavy atom. The molecule has 1 spiro atoms. The van der Waals surface area contributed by atoms with Crippen molar-refractivity contribution in [2.24, 2.45) is 10.8 Å². The van der Waals surface area contributed by atoms with Gasteiger partial charge in [-0.3, -0.25) is 19.2 Å². The Balaban J connectivity index is 1.85. The molecule has 9 heteroatoms. The van der Waals surface area contributed by atoms with Crippen LogP contribution in [0.25, 0.3) is 0 Å². The number of para-hydroxylation sites is 1. The van der Waals surface area contributed by atoms with E-state index in [2.05, 4.69) is 22.0 Å². The van der Waals surface area contributed by atoms with Crippen molar-refractivity contribution >= 4 is 29.3 Å². The topological polar surface area (TPSA) is 131 Å². The Labute approximate surface area is 213 Å². The Kier molecular flexibility index (Phi) is 7.22. The van der Waals surface area contributed by atoms with Crippen LogP contribution in [0.4, 0.5) is 5.69 Å². The predicted molar refractivity (Wildman–Crippen MR) is 136 cm³/mol. The Hall–Kier alpha value is -3.41. The zero-order valence-corrected chi connectivity index (χ0v) is 22.2. The molecule has 0 aliphatic carbocycles. The molecule has 4 amide bonds. The van der Waals surface area contributed by atoms with E-state index in [0.717, 1.165) is 5.56 Å². The lowest BCUT2D eigenvalue weighted by atomic mass is 9.80. The molecule has 3 rings (SSSR count). The quantitative estimate of drug-likeness (QED) is 0.577. The van der Waals surface area contributed by atoms with Crippen molar-refractivity contribution in [3.8, 4) is 6.07 Å². The van der Waals surface area contributed by atoms with E-state index in [4.69, 9.17) is 0 Å². The fourth-order valence-corrected chi connectivity index (χ4v) is 4.77. The summed E-state index contributed by atoms with van der Waals surface area (Å²) in [5, 5.41) is 18.3.